The first-order chi connectivity index (χ1) is 13.2. The Bertz CT molecular complexity index is 1020. The average molecular weight is 420 g/mol. The zero-order chi connectivity index (χ0) is 18.6. The molecule has 0 amide bonds. The number of rotatable bonds is 4. The molecule has 1 atom stereocenters. The minimum atomic E-state index is -0.170. The molecule has 0 radical (unpaired) electrons. The van der Waals surface area contributed by atoms with Gasteiger partial charge >= 0.3 is 0 Å². The molecule has 1 unspecified atom stereocenters. The van der Waals surface area contributed by atoms with Gasteiger partial charge in [-0.1, -0.05) is 58.4 Å². The number of anilines is 1. The van der Waals surface area contributed by atoms with Crippen molar-refractivity contribution in [1.82, 2.24) is 5.43 Å². The van der Waals surface area contributed by atoms with Crippen LogP contribution in [0.4, 0.5) is 5.69 Å². The first kappa shape index (κ1) is 17.4. The Morgan fingerprint density at radius 2 is 1.78 bits per heavy atom. The molecule has 134 valence electrons. The average Bonchev–Trinajstić information content (AvgIpc) is 2.70. The maximum atomic E-state index is 9.84. The highest BCUT2D eigenvalue weighted by Crippen LogP contribution is 2.35. The number of para-hydroxylation sites is 1. The van der Waals surface area contributed by atoms with Crippen molar-refractivity contribution in [2.45, 2.75) is 6.17 Å². The summed E-state index contributed by atoms with van der Waals surface area (Å²) in [6.07, 6.45) is 3.56. The van der Waals surface area contributed by atoms with E-state index in [-0.39, 0.29) is 11.9 Å². The summed E-state index contributed by atoms with van der Waals surface area (Å²) in [4.78, 5) is 0. The third-order valence-electron chi connectivity index (χ3n) is 4.35. The summed E-state index contributed by atoms with van der Waals surface area (Å²) in [5.41, 5.74) is 8.24. The zero-order valence-corrected chi connectivity index (χ0v) is 16.0. The van der Waals surface area contributed by atoms with Crippen LogP contribution >= 0.6 is 15.9 Å². The molecule has 3 aromatic rings. The van der Waals surface area contributed by atoms with E-state index in [9.17, 15) is 5.11 Å². The van der Waals surface area contributed by atoms with E-state index in [0.29, 0.717) is 5.56 Å². The number of halogens is 1. The Hall–Kier alpha value is -3.05. The number of phenols is 1. The van der Waals surface area contributed by atoms with E-state index in [4.69, 9.17) is 0 Å². The topological polar surface area (TPSA) is 56.7 Å². The second kappa shape index (κ2) is 7.68. The smallest absolute Gasteiger partial charge is 0.133 e. The summed E-state index contributed by atoms with van der Waals surface area (Å²) in [5.74, 6) is 0.204. The van der Waals surface area contributed by atoms with Gasteiger partial charge in [0.15, 0.2) is 0 Å². The largest absolute Gasteiger partial charge is 0.507 e. The van der Waals surface area contributed by atoms with Crippen molar-refractivity contribution >= 4 is 33.4 Å². The van der Waals surface area contributed by atoms with Crippen LogP contribution in [0.3, 0.4) is 0 Å². The van der Waals surface area contributed by atoms with Gasteiger partial charge in [-0.05, 0) is 47.5 Å². The molecule has 0 saturated heterocycles. The third kappa shape index (κ3) is 3.88. The molecular formula is C22H18BrN3O. The molecule has 1 aliphatic heterocycles. The predicted octanol–water partition coefficient (Wildman–Crippen LogP) is 4.96. The minimum Gasteiger partial charge on any atom is -0.507 e. The molecule has 3 aromatic carbocycles. The van der Waals surface area contributed by atoms with Gasteiger partial charge in [0.2, 0.25) is 0 Å². The summed E-state index contributed by atoms with van der Waals surface area (Å²) in [7, 11) is 0. The molecule has 0 aromatic heterocycles. The van der Waals surface area contributed by atoms with Crippen LogP contribution in [0.25, 0.3) is 5.57 Å². The summed E-state index contributed by atoms with van der Waals surface area (Å²) in [5, 5.41) is 17.6. The number of benzene rings is 3. The minimum absolute atomic E-state index is 0.170. The van der Waals surface area contributed by atoms with Crippen molar-refractivity contribution in [1.29, 1.82) is 0 Å². The fourth-order valence-corrected chi connectivity index (χ4v) is 3.41. The van der Waals surface area contributed by atoms with Gasteiger partial charge in [0, 0.05) is 21.3 Å². The van der Waals surface area contributed by atoms with Crippen molar-refractivity contribution < 1.29 is 5.11 Å². The molecule has 4 nitrogen and oxygen atoms in total. The number of nitrogens with zero attached hydrogens (tertiary/aromatic N) is 1. The molecule has 0 saturated carbocycles. The molecule has 5 heteroatoms. The zero-order valence-electron chi connectivity index (χ0n) is 14.4. The van der Waals surface area contributed by atoms with Crippen LogP contribution < -0.4 is 10.7 Å². The molecular weight excluding hydrogens is 402 g/mol. The van der Waals surface area contributed by atoms with Crippen LogP contribution in [0, 0.1) is 0 Å². The van der Waals surface area contributed by atoms with Gasteiger partial charge in [-0.15, -0.1) is 0 Å². The van der Waals surface area contributed by atoms with Crippen LogP contribution in [0.1, 0.15) is 16.7 Å². The fourth-order valence-electron chi connectivity index (χ4n) is 3.05. The van der Waals surface area contributed by atoms with E-state index in [1.54, 1.807) is 18.3 Å². The number of fused-ring (bicyclic) bond motifs is 1. The van der Waals surface area contributed by atoms with Crippen molar-refractivity contribution in [3.05, 3.63) is 100 Å². The Morgan fingerprint density at radius 1 is 1.00 bits per heavy atom. The lowest BCUT2D eigenvalue weighted by Crippen LogP contribution is -2.33. The van der Waals surface area contributed by atoms with Gasteiger partial charge < -0.3 is 10.4 Å². The van der Waals surface area contributed by atoms with Gasteiger partial charge in [0.1, 0.15) is 11.9 Å². The van der Waals surface area contributed by atoms with Crippen molar-refractivity contribution in [2.75, 3.05) is 5.32 Å². The number of hydrogen-bond donors (Lipinski definition) is 3. The van der Waals surface area contributed by atoms with Gasteiger partial charge in [-0.25, -0.2) is 0 Å². The van der Waals surface area contributed by atoms with E-state index >= 15 is 0 Å². The highest BCUT2D eigenvalue weighted by atomic mass is 79.9. The predicted molar refractivity (Wildman–Crippen MR) is 114 cm³/mol. The maximum Gasteiger partial charge on any atom is 0.133 e. The summed E-state index contributed by atoms with van der Waals surface area (Å²) >= 11 is 3.56. The second-order valence-corrected chi connectivity index (χ2v) is 7.12. The van der Waals surface area contributed by atoms with E-state index in [1.165, 1.54) is 0 Å². The third-order valence-corrected chi connectivity index (χ3v) is 4.85. The molecule has 27 heavy (non-hydrogen) atoms. The molecule has 4 rings (SSSR count). The highest BCUT2D eigenvalue weighted by molar-refractivity contribution is 9.10. The molecule has 1 heterocycles. The SMILES string of the molecule is Oc1ccccc1/C=N/NC1C=C(c2ccccc2)c2cc(Br)ccc2N1. The lowest BCUT2D eigenvalue weighted by Gasteiger charge is -2.26. The molecule has 1 aliphatic rings. The number of hydrazone groups is 1. The monoisotopic (exact) mass is 419 g/mol. The van der Waals surface area contributed by atoms with Gasteiger partial charge in [0.25, 0.3) is 0 Å². The number of aromatic hydroxyl groups is 1. The Morgan fingerprint density at radius 3 is 2.59 bits per heavy atom. The molecule has 3 N–H and O–H groups in total. The van der Waals surface area contributed by atoms with E-state index in [0.717, 1.165) is 26.9 Å². The second-order valence-electron chi connectivity index (χ2n) is 6.20. The van der Waals surface area contributed by atoms with Crippen LogP contribution in [-0.2, 0) is 0 Å². The summed E-state index contributed by atoms with van der Waals surface area (Å²) in [6, 6.07) is 23.6. The molecule has 0 aliphatic carbocycles. The number of nitrogens with one attached hydrogen (secondary N) is 2. The normalized spacial score (nSPS) is 15.7. The van der Waals surface area contributed by atoms with Gasteiger partial charge in [0.05, 0.1) is 6.21 Å². The highest BCUT2D eigenvalue weighted by Gasteiger charge is 2.19. The first-order valence-corrected chi connectivity index (χ1v) is 9.40. The maximum absolute atomic E-state index is 9.84. The number of phenolic OH excluding ortho intramolecular Hbond substituents is 1. The van der Waals surface area contributed by atoms with Crippen LogP contribution in [0.15, 0.2) is 88.4 Å². The van der Waals surface area contributed by atoms with E-state index < -0.39 is 0 Å². The van der Waals surface area contributed by atoms with Crippen LogP contribution in [0.5, 0.6) is 5.75 Å². The fraction of sp³-hybridized carbons (Fsp3) is 0.0455. The molecule has 0 bridgehead atoms. The quantitative estimate of drug-likeness (QED) is 0.413. The van der Waals surface area contributed by atoms with Gasteiger partial charge in [-0.3, -0.25) is 5.43 Å². The Labute approximate surface area is 166 Å². The Balaban J connectivity index is 1.63. The molecule has 0 fully saturated rings. The molecule has 0 spiro atoms. The lowest BCUT2D eigenvalue weighted by molar-refractivity contribution is 0.474. The van der Waals surface area contributed by atoms with Gasteiger partial charge in [-0.2, -0.15) is 5.10 Å². The summed E-state index contributed by atoms with van der Waals surface area (Å²) < 4.78 is 1.04. The van der Waals surface area contributed by atoms with Crippen LogP contribution in [0.2, 0.25) is 0 Å². The number of hydrogen-bond acceptors (Lipinski definition) is 4. The van der Waals surface area contributed by atoms with Crippen molar-refractivity contribution in [3.63, 3.8) is 0 Å². The van der Waals surface area contributed by atoms with E-state index in [2.05, 4.69) is 62.1 Å². The van der Waals surface area contributed by atoms with Crippen LogP contribution in [-0.4, -0.2) is 17.5 Å². The van der Waals surface area contributed by atoms with Crippen molar-refractivity contribution in [2.24, 2.45) is 5.10 Å². The Kier molecular flexibility index (Phi) is 4.94. The van der Waals surface area contributed by atoms with Crippen molar-refractivity contribution in [3.8, 4) is 5.75 Å². The standard InChI is InChI=1S/C22H18BrN3O/c23-17-10-11-20-19(12-17)18(15-6-2-1-3-7-15)13-22(25-20)26-24-14-16-8-4-5-9-21(16)27/h1-14,22,25-27H/b24-14+. The van der Waals surface area contributed by atoms with E-state index in [1.807, 2.05) is 36.4 Å². The summed E-state index contributed by atoms with van der Waals surface area (Å²) in [6.45, 7) is 0. The first-order valence-electron chi connectivity index (χ1n) is 8.61. The lowest BCUT2D eigenvalue weighted by atomic mass is 9.93.